The lowest BCUT2D eigenvalue weighted by molar-refractivity contribution is -0.180. The van der Waals surface area contributed by atoms with Gasteiger partial charge < -0.3 is 19.3 Å². The number of fused-ring (bicyclic) bond motifs is 3. The minimum Gasteiger partial charge on any atom is -0.461 e. The monoisotopic (exact) mass is 669 g/mol. The van der Waals surface area contributed by atoms with Crippen molar-refractivity contribution >= 4 is 51.0 Å². The number of carbonyl (C=O) groups is 2. The molecule has 1 unspecified atom stereocenters. The third-order valence-electron chi connectivity index (χ3n) is 10.3. The smallest absolute Gasteiger partial charge is 0.319 e. The highest BCUT2D eigenvalue weighted by Gasteiger charge is 2.45. The molecule has 246 valence electrons. The molecule has 0 spiro atoms. The van der Waals surface area contributed by atoms with Crippen molar-refractivity contribution in [1.82, 2.24) is 24.8 Å². The summed E-state index contributed by atoms with van der Waals surface area (Å²) in [4.78, 5) is 44.6. The van der Waals surface area contributed by atoms with Gasteiger partial charge in [0.05, 0.1) is 35.9 Å². The topological polar surface area (TPSA) is 125 Å². The van der Waals surface area contributed by atoms with Crippen LogP contribution in [0.4, 0.5) is 10.2 Å². The van der Waals surface area contributed by atoms with Crippen LogP contribution in [-0.4, -0.2) is 93.6 Å². The van der Waals surface area contributed by atoms with Gasteiger partial charge in [0.15, 0.2) is 11.9 Å². The Kier molecular flexibility index (Phi) is 7.76. The molecule has 2 aromatic heterocycles. The second-order valence-electron chi connectivity index (χ2n) is 13.0. The first-order chi connectivity index (χ1) is 23.3. The van der Waals surface area contributed by atoms with E-state index in [2.05, 4.69) is 20.9 Å². The summed E-state index contributed by atoms with van der Waals surface area (Å²) in [6, 6.07) is 12.8. The zero-order valence-electron chi connectivity index (χ0n) is 26.2. The number of cyclic esters (lactones) is 1. The highest BCUT2D eigenvalue weighted by atomic mass is 35.5. The summed E-state index contributed by atoms with van der Waals surface area (Å²) >= 11 is 6.61. The molecule has 0 bridgehead atoms. The fourth-order valence-electron chi connectivity index (χ4n) is 7.91. The predicted octanol–water partition coefficient (Wildman–Crippen LogP) is 4.89. The van der Waals surface area contributed by atoms with E-state index in [0.717, 1.165) is 44.2 Å². The van der Waals surface area contributed by atoms with E-state index >= 15 is 4.39 Å². The largest absolute Gasteiger partial charge is 0.461 e. The molecule has 1 amide bonds. The number of anilines is 1. The lowest BCUT2D eigenvalue weighted by atomic mass is 9.95. The van der Waals surface area contributed by atoms with Crippen LogP contribution < -0.4 is 9.64 Å². The zero-order chi connectivity index (χ0) is 33.0. The van der Waals surface area contributed by atoms with Gasteiger partial charge in [0.2, 0.25) is 0 Å². The maximum atomic E-state index is 16.8. The van der Waals surface area contributed by atoms with Gasteiger partial charge in [-0.1, -0.05) is 41.9 Å². The number of carbonyl (C=O) groups excluding carboxylic acids is 2. The molecule has 8 rings (SSSR count). The van der Waals surface area contributed by atoms with Crippen molar-refractivity contribution in [3.8, 4) is 23.3 Å². The van der Waals surface area contributed by atoms with Crippen LogP contribution in [0.3, 0.4) is 0 Å². The lowest BCUT2D eigenvalue weighted by Gasteiger charge is -2.43. The number of nitriles is 1. The average Bonchev–Trinajstić information content (AvgIpc) is 3.67. The van der Waals surface area contributed by atoms with Gasteiger partial charge in [-0.25, -0.2) is 4.39 Å². The Balaban J connectivity index is 1.20. The van der Waals surface area contributed by atoms with Crippen molar-refractivity contribution in [2.45, 2.75) is 56.2 Å². The van der Waals surface area contributed by atoms with Crippen molar-refractivity contribution < 1.29 is 23.5 Å². The number of ether oxygens (including phenoxy) is 2. The van der Waals surface area contributed by atoms with Crippen LogP contribution in [-0.2, 0) is 14.3 Å². The quantitative estimate of drug-likeness (QED) is 0.251. The van der Waals surface area contributed by atoms with Gasteiger partial charge in [0.25, 0.3) is 5.91 Å². The molecule has 4 aliphatic rings. The van der Waals surface area contributed by atoms with Crippen molar-refractivity contribution in [3.05, 3.63) is 53.4 Å². The highest BCUT2D eigenvalue weighted by molar-refractivity contribution is 6.36. The molecule has 4 aromatic rings. The Bertz CT molecular complexity index is 1980. The van der Waals surface area contributed by atoms with Crippen LogP contribution in [0, 0.1) is 17.1 Å². The summed E-state index contributed by atoms with van der Waals surface area (Å²) in [7, 11) is 0. The first-order valence-corrected chi connectivity index (χ1v) is 16.8. The Morgan fingerprint density at radius 1 is 1.12 bits per heavy atom. The Morgan fingerprint density at radius 2 is 1.90 bits per heavy atom. The number of pyridine rings is 1. The van der Waals surface area contributed by atoms with E-state index in [1.807, 2.05) is 29.2 Å². The third-order valence-corrected chi connectivity index (χ3v) is 10.6. The number of rotatable bonds is 7. The van der Waals surface area contributed by atoms with E-state index < -0.39 is 23.9 Å². The summed E-state index contributed by atoms with van der Waals surface area (Å²) in [5, 5.41) is 12.1. The van der Waals surface area contributed by atoms with Crippen molar-refractivity contribution in [2.24, 2.45) is 0 Å². The van der Waals surface area contributed by atoms with E-state index in [4.69, 9.17) is 26.1 Å². The van der Waals surface area contributed by atoms with Crippen LogP contribution in [0.1, 0.15) is 38.5 Å². The summed E-state index contributed by atoms with van der Waals surface area (Å²) < 4.78 is 28.2. The predicted molar refractivity (Wildman–Crippen MR) is 176 cm³/mol. The highest BCUT2D eigenvalue weighted by Crippen LogP contribution is 2.40. The molecular formula is C35H33ClFN7O4. The molecular weight excluding hydrogens is 637 g/mol. The lowest BCUT2D eigenvalue weighted by Crippen LogP contribution is -2.59. The molecule has 4 aliphatic heterocycles. The fraction of sp³-hybridized carbons (Fsp3) is 0.429. The number of esters is 1. The van der Waals surface area contributed by atoms with E-state index in [1.54, 1.807) is 23.2 Å². The number of hydrogen-bond acceptors (Lipinski definition) is 10. The third kappa shape index (κ3) is 5.16. The van der Waals surface area contributed by atoms with E-state index in [0.29, 0.717) is 40.3 Å². The number of amides is 1. The number of halogens is 2. The zero-order valence-corrected chi connectivity index (χ0v) is 27.0. The SMILES string of the molecule is N#CC[C@H]1CN(c2nc(OCC34CCCN3CCC4)nc3c(F)c(-c4cccc5cccc(Cl)c45)ncc23)CCN1C(=O)C1CC(=O)O1. The summed E-state index contributed by atoms with van der Waals surface area (Å²) in [5.41, 5.74) is 0.646. The van der Waals surface area contributed by atoms with Gasteiger partial charge in [-0.05, 0) is 50.2 Å². The molecule has 2 aromatic carbocycles. The summed E-state index contributed by atoms with van der Waals surface area (Å²) in [6.07, 6.45) is 5.10. The van der Waals surface area contributed by atoms with Crippen LogP contribution >= 0.6 is 11.6 Å². The molecule has 0 N–H and O–H groups in total. The average molecular weight is 670 g/mol. The van der Waals surface area contributed by atoms with Gasteiger partial charge in [-0.2, -0.15) is 15.2 Å². The summed E-state index contributed by atoms with van der Waals surface area (Å²) in [6.45, 7) is 3.34. The first-order valence-electron chi connectivity index (χ1n) is 16.4. The standard InChI is InChI=1S/C35H33ClFN7O4/c36-25-8-2-6-21-5-1-7-23(28(21)25)30-29(37)31-24(18-39-30)32(41-34(40-31)47-20-35-10-3-13-43(35)14-4-11-35)42-15-16-44(22(19-42)9-12-38)33(46)26-17-27(45)48-26/h1-2,5-8,18,22,26H,3-4,9-11,13-17,19-20H2/t22-,26?/m0/s1. The van der Waals surface area contributed by atoms with Crippen LogP contribution in [0.5, 0.6) is 6.01 Å². The van der Waals surface area contributed by atoms with Crippen LogP contribution in [0.15, 0.2) is 42.6 Å². The molecule has 13 heteroatoms. The van der Waals surface area contributed by atoms with Gasteiger partial charge in [0.1, 0.15) is 23.6 Å². The fourth-order valence-corrected chi connectivity index (χ4v) is 8.19. The first kappa shape index (κ1) is 30.7. The van der Waals surface area contributed by atoms with Crippen molar-refractivity contribution in [2.75, 3.05) is 44.2 Å². The normalized spacial score (nSPS) is 22.0. The second-order valence-corrected chi connectivity index (χ2v) is 13.4. The molecule has 0 saturated carbocycles. The van der Waals surface area contributed by atoms with E-state index in [-0.39, 0.29) is 54.6 Å². The number of nitrogens with zero attached hydrogens (tertiary/aromatic N) is 7. The number of piperazine rings is 1. The molecule has 48 heavy (non-hydrogen) atoms. The molecule has 4 saturated heterocycles. The Hall–Kier alpha value is -4.60. The molecule has 6 heterocycles. The van der Waals surface area contributed by atoms with Crippen molar-refractivity contribution in [3.63, 3.8) is 0 Å². The summed E-state index contributed by atoms with van der Waals surface area (Å²) in [5.74, 6) is -0.930. The number of hydrogen-bond donors (Lipinski definition) is 0. The second kappa shape index (κ2) is 12.1. The minimum absolute atomic E-state index is 0.0314. The molecule has 4 fully saturated rings. The van der Waals surface area contributed by atoms with Crippen LogP contribution in [0.2, 0.25) is 5.02 Å². The maximum Gasteiger partial charge on any atom is 0.319 e. The Labute approximate surface area is 281 Å². The van der Waals surface area contributed by atoms with Gasteiger partial charge in [0, 0.05) is 41.8 Å². The maximum absolute atomic E-state index is 16.8. The molecule has 0 radical (unpaired) electrons. The van der Waals surface area contributed by atoms with Gasteiger partial charge in [-0.3, -0.25) is 19.5 Å². The van der Waals surface area contributed by atoms with Gasteiger partial charge >= 0.3 is 12.0 Å². The van der Waals surface area contributed by atoms with E-state index in [9.17, 15) is 14.9 Å². The van der Waals surface area contributed by atoms with E-state index in [1.165, 1.54) is 0 Å². The van der Waals surface area contributed by atoms with Gasteiger partial charge in [-0.15, -0.1) is 0 Å². The molecule has 0 aliphatic carbocycles. The molecule has 11 nitrogen and oxygen atoms in total. The Morgan fingerprint density at radius 3 is 2.65 bits per heavy atom. The number of aromatic nitrogens is 3. The molecule has 2 atom stereocenters. The van der Waals surface area contributed by atoms with Crippen molar-refractivity contribution in [1.29, 1.82) is 5.26 Å². The number of benzene rings is 2. The van der Waals surface area contributed by atoms with Crippen LogP contribution in [0.25, 0.3) is 32.9 Å². The minimum atomic E-state index is -0.825.